The van der Waals surface area contributed by atoms with Gasteiger partial charge in [-0.15, -0.1) is 0 Å². The zero-order valence-corrected chi connectivity index (χ0v) is 12.0. The van der Waals surface area contributed by atoms with Crippen LogP contribution >= 0.6 is 0 Å². The molecule has 2 aromatic heterocycles. The van der Waals surface area contributed by atoms with E-state index in [1.165, 1.54) is 19.2 Å². The number of aryl methyl sites for hydroxylation is 1. The summed E-state index contributed by atoms with van der Waals surface area (Å²) in [5, 5.41) is 0. The molecule has 1 aromatic carbocycles. The Hall–Kier alpha value is -2.88. The van der Waals surface area contributed by atoms with Crippen molar-refractivity contribution in [2.24, 2.45) is 7.05 Å². The highest BCUT2D eigenvalue weighted by atomic mass is 32.2. The number of rotatable bonds is 3. The van der Waals surface area contributed by atoms with Gasteiger partial charge in [-0.1, -0.05) is 18.2 Å². The Labute approximate surface area is 123 Å². The van der Waals surface area contributed by atoms with Crippen molar-refractivity contribution >= 4 is 21.3 Å². The topological polar surface area (TPSA) is 127 Å². The van der Waals surface area contributed by atoms with Gasteiger partial charge in [0, 0.05) is 7.05 Å². The maximum absolute atomic E-state index is 12.1. The van der Waals surface area contributed by atoms with Gasteiger partial charge >= 0.3 is 21.8 Å². The molecule has 3 aromatic rings. The van der Waals surface area contributed by atoms with E-state index in [2.05, 4.69) is 9.97 Å². The van der Waals surface area contributed by atoms with Crippen molar-refractivity contribution in [2.75, 3.05) is 0 Å². The smallest absolute Gasteiger partial charge is 0.341 e. The van der Waals surface area contributed by atoms with Gasteiger partial charge in [0.25, 0.3) is 5.56 Å². The van der Waals surface area contributed by atoms with Gasteiger partial charge < -0.3 is 4.18 Å². The Kier molecular flexibility index (Phi) is 3.10. The number of imidazole rings is 1. The molecule has 0 saturated carbocycles. The summed E-state index contributed by atoms with van der Waals surface area (Å²) in [6, 6.07) is 7.17. The molecule has 0 fully saturated rings. The highest BCUT2D eigenvalue weighted by Gasteiger charge is 2.21. The zero-order chi connectivity index (χ0) is 15.9. The molecule has 0 amide bonds. The molecule has 114 valence electrons. The molecule has 0 aliphatic rings. The van der Waals surface area contributed by atoms with Crippen molar-refractivity contribution in [2.45, 2.75) is 4.90 Å². The lowest BCUT2D eigenvalue weighted by Gasteiger charge is -2.05. The maximum Gasteiger partial charge on any atom is 0.341 e. The van der Waals surface area contributed by atoms with Crippen LogP contribution < -0.4 is 15.4 Å². The van der Waals surface area contributed by atoms with Gasteiger partial charge in [0.15, 0.2) is 11.2 Å². The molecular formula is C12H10N4O5S. The average Bonchev–Trinajstić information content (AvgIpc) is 2.75. The van der Waals surface area contributed by atoms with Crippen molar-refractivity contribution in [3.05, 3.63) is 51.2 Å². The molecule has 0 atom stereocenters. The average molecular weight is 322 g/mol. The van der Waals surface area contributed by atoms with Gasteiger partial charge in [-0.2, -0.15) is 13.4 Å². The number of aromatic nitrogens is 4. The van der Waals surface area contributed by atoms with Crippen LogP contribution in [0.25, 0.3) is 11.2 Å². The lowest BCUT2D eigenvalue weighted by molar-refractivity contribution is 0.454. The summed E-state index contributed by atoms with van der Waals surface area (Å²) in [6.45, 7) is 0. The lowest BCUT2D eigenvalue weighted by Crippen LogP contribution is -2.22. The fraction of sp³-hybridized carbons (Fsp3) is 0.0833. The van der Waals surface area contributed by atoms with E-state index in [4.69, 9.17) is 4.18 Å². The summed E-state index contributed by atoms with van der Waals surface area (Å²) < 4.78 is 30.4. The first-order valence-electron chi connectivity index (χ1n) is 6.07. The Morgan fingerprint density at radius 2 is 1.82 bits per heavy atom. The molecule has 0 radical (unpaired) electrons. The van der Waals surface area contributed by atoms with E-state index in [1.54, 1.807) is 18.2 Å². The van der Waals surface area contributed by atoms with E-state index in [0.717, 1.165) is 4.57 Å². The molecule has 0 bridgehead atoms. The van der Waals surface area contributed by atoms with Gasteiger partial charge in [-0.25, -0.2) is 4.79 Å². The standard InChI is InChI=1S/C12H10N4O5S/c1-16-8-9(13-11(18)15-10(8)17)14-12(16)21-22(19,20)7-5-3-2-4-6-7/h2-6H,1H3,(H2,13,15,17,18). The van der Waals surface area contributed by atoms with Crippen molar-refractivity contribution in [3.63, 3.8) is 0 Å². The van der Waals surface area contributed by atoms with Gasteiger partial charge in [-0.3, -0.25) is 19.3 Å². The van der Waals surface area contributed by atoms with Gasteiger partial charge in [-0.05, 0) is 12.1 Å². The fourth-order valence-electron chi connectivity index (χ4n) is 1.93. The first kappa shape index (κ1) is 14.1. The normalized spacial score (nSPS) is 11.7. The number of nitrogens with zero attached hydrogens (tertiary/aromatic N) is 2. The monoisotopic (exact) mass is 322 g/mol. The minimum absolute atomic E-state index is 0.00198. The number of fused-ring (bicyclic) bond motifs is 1. The molecule has 10 heteroatoms. The van der Waals surface area contributed by atoms with Gasteiger partial charge in [0.05, 0.1) is 0 Å². The van der Waals surface area contributed by atoms with E-state index >= 15 is 0 Å². The highest BCUT2D eigenvalue weighted by molar-refractivity contribution is 7.87. The molecule has 2 heterocycles. The first-order chi connectivity index (χ1) is 10.4. The third-order valence-electron chi connectivity index (χ3n) is 2.94. The first-order valence-corrected chi connectivity index (χ1v) is 7.48. The number of hydrogen-bond donors (Lipinski definition) is 2. The second-order valence-electron chi connectivity index (χ2n) is 4.41. The Bertz CT molecular complexity index is 1060. The summed E-state index contributed by atoms with van der Waals surface area (Å²) in [4.78, 5) is 31.0. The number of H-pyrrole nitrogens is 2. The molecule has 0 unspecified atom stereocenters. The van der Waals surface area contributed by atoms with Gasteiger partial charge in [0.1, 0.15) is 4.90 Å². The number of aromatic amines is 2. The van der Waals surface area contributed by atoms with Crippen LogP contribution in [0.1, 0.15) is 0 Å². The van der Waals surface area contributed by atoms with Crippen LogP contribution in [0, 0.1) is 0 Å². The van der Waals surface area contributed by atoms with E-state index in [1.807, 2.05) is 4.98 Å². The van der Waals surface area contributed by atoms with Crippen LogP contribution in [-0.4, -0.2) is 27.9 Å². The minimum atomic E-state index is -4.09. The molecule has 22 heavy (non-hydrogen) atoms. The van der Waals surface area contributed by atoms with Crippen LogP contribution in [0.3, 0.4) is 0 Å². The fourth-order valence-corrected chi connectivity index (χ4v) is 2.87. The Balaban J connectivity index is 2.13. The molecule has 0 spiro atoms. The summed E-state index contributed by atoms with van der Waals surface area (Å²) in [5.74, 6) is 0. The molecular weight excluding hydrogens is 312 g/mol. The van der Waals surface area contributed by atoms with Crippen LogP contribution in [0.15, 0.2) is 44.8 Å². The summed E-state index contributed by atoms with van der Waals surface area (Å²) in [6.07, 6.45) is 0. The predicted octanol–water partition coefficient (Wildman–Crippen LogP) is -0.282. The second-order valence-corrected chi connectivity index (χ2v) is 5.96. The second kappa shape index (κ2) is 4.84. The predicted molar refractivity (Wildman–Crippen MR) is 76.2 cm³/mol. The molecule has 0 saturated heterocycles. The Morgan fingerprint density at radius 3 is 2.50 bits per heavy atom. The summed E-state index contributed by atoms with van der Waals surface area (Å²) in [5.41, 5.74) is -1.50. The van der Waals surface area contributed by atoms with Crippen LogP contribution in [0.5, 0.6) is 6.01 Å². The van der Waals surface area contributed by atoms with Gasteiger partial charge in [0.2, 0.25) is 0 Å². The zero-order valence-electron chi connectivity index (χ0n) is 11.2. The van der Waals surface area contributed by atoms with Crippen molar-refractivity contribution < 1.29 is 12.6 Å². The van der Waals surface area contributed by atoms with Crippen LogP contribution in [-0.2, 0) is 17.2 Å². The maximum atomic E-state index is 12.1. The summed E-state index contributed by atoms with van der Waals surface area (Å²) in [7, 11) is -2.69. The van der Waals surface area contributed by atoms with Crippen molar-refractivity contribution in [3.8, 4) is 6.01 Å². The van der Waals surface area contributed by atoms with Crippen LogP contribution in [0.2, 0.25) is 0 Å². The molecule has 3 rings (SSSR count). The molecule has 9 nitrogen and oxygen atoms in total. The number of benzene rings is 1. The largest absolute Gasteiger partial charge is 0.341 e. The quantitative estimate of drug-likeness (QED) is 0.638. The molecule has 2 N–H and O–H groups in total. The number of hydrogen-bond acceptors (Lipinski definition) is 6. The van der Waals surface area contributed by atoms with E-state index < -0.39 is 21.4 Å². The SMILES string of the molecule is Cn1c(OS(=O)(=O)c2ccccc2)nc2[nH]c(=O)[nH]c(=O)c21. The van der Waals surface area contributed by atoms with E-state index in [9.17, 15) is 18.0 Å². The minimum Gasteiger partial charge on any atom is -0.341 e. The molecule has 0 aliphatic carbocycles. The Morgan fingerprint density at radius 1 is 1.14 bits per heavy atom. The summed E-state index contributed by atoms with van der Waals surface area (Å²) >= 11 is 0. The van der Waals surface area contributed by atoms with Crippen molar-refractivity contribution in [1.82, 2.24) is 19.5 Å². The molecule has 0 aliphatic heterocycles. The highest BCUT2D eigenvalue weighted by Crippen LogP contribution is 2.19. The lowest BCUT2D eigenvalue weighted by atomic mass is 10.4. The van der Waals surface area contributed by atoms with Crippen molar-refractivity contribution in [1.29, 1.82) is 0 Å². The third kappa shape index (κ3) is 2.29. The number of nitrogens with one attached hydrogen (secondary N) is 2. The third-order valence-corrected chi connectivity index (χ3v) is 4.16. The van der Waals surface area contributed by atoms with E-state index in [-0.39, 0.29) is 22.1 Å². The van der Waals surface area contributed by atoms with E-state index in [0.29, 0.717) is 0 Å². The van der Waals surface area contributed by atoms with Crippen LogP contribution in [0.4, 0.5) is 0 Å².